The lowest BCUT2D eigenvalue weighted by Gasteiger charge is -2.28. The number of carbonyl (C=O) groups is 1. The Kier molecular flexibility index (Phi) is 7.41. The predicted octanol–water partition coefficient (Wildman–Crippen LogP) is 2.72. The number of amides is 1. The van der Waals surface area contributed by atoms with Crippen molar-refractivity contribution in [2.75, 3.05) is 6.54 Å². The van der Waals surface area contributed by atoms with E-state index in [1.165, 1.54) is 38.5 Å². The average molecular weight is 283 g/mol. The molecule has 1 saturated carbocycles. The molecule has 0 bridgehead atoms. The SMILES string of the molecule is CC(C)N(CCC(N)=NO)C(=O)CC1CCCCCC1. The number of hydrogen-bond acceptors (Lipinski definition) is 3. The van der Waals surface area contributed by atoms with Crippen LogP contribution in [0.3, 0.4) is 0 Å². The third kappa shape index (κ3) is 5.80. The van der Waals surface area contributed by atoms with Gasteiger partial charge in [-0.1, -0.05) is 30.8 Å². The molecule has 0 aliphatic heterocycles. The smallest absolute Gasteiger partial charge is 0.223 e. The standard InChI is InChI=1S/C15H29N3O2/c1-12(2)18(10-9-14(16)17-20)15(19)11-13-7-5-3-4-6-8-13/h12-13,20H,3-11H2,1-2H3,(H2,16,17). The van der Waals surface area contributed by atoms with E-state index < -0.39 is 0 Å². The Balaban J connectivity index is 2.50. The van der Waals surface area contributed by atoms with Gasteiger partial charge in [0.2, 0.25) is 5.91 Å². The largest absolute Gasteiger partial charge is 0.409 e. The molecule has 116 valence electrons. The lowest BCUT2D eigenvalue weighted by atomic mass is 9.95. The van der Waals surface area contributed by atoms with E-state index in [1.54, 1.807) is 0 Å². The quantitative estimate of drug-likeness (QED) is 0.259. The van der Waals surface area contributed by atoms with Gasteiger partial charge in [-0.3, -0.25) is 4.79 Å². The second kappa shape index (κ2) is 8.82. The molecule has 0 heterocycles. The van der Waals surface area contributed by atoms with Gasteiger partial charge >= 0.3 is 0 Å². The molecule has 0 aromatic heterocycles. The summed E-state index contributed by atoms with van der Waals surface area (Å²) in [7, 11) is 0. The van der Waals surface area contributed by atoms with E-state index in [0.717, 1.165) is 0 Å². The lowest BCUT2D eigenvalue weighted by molar-refractivity contribution is -0.133. The molecule has 3 N–H and O–H groups in total. The first kappa shape index (κ1) is 16.8. The maximum absolute atomic E-state index is 12.4. The number of nitrogens with two attached hydrogens (primary N) is 1. The van der Waals surface area contributed by atoms with Crippen molar-refractivity contribution in [2.24, 2.45) is 16.8 Å². The van der Waals surface area contributed by atoms with Gasteiger partial charge in [-0.15, -0.1) is 0 Å². The fourth-order valence-electron chi connectivity index (χ4n) is 2.89. The summed E-state index contributed by atoms with van der Waals surface area (Å²) < 4.78 is 0. The van der Waals surface area contributed by atoms with Gasteiger partial charge in [0, 0.05) is 25.4 Å². The maximum atomic E-state index is 12.4. The Bertz CT molecular complexity index is 321. The van der Waals surface area contributed by atoms with E-state index >= 15 is 0 Å². The number of hydrogen-bond donors (Lipinski definition) is 2. The fourth-order valence-corrected chi connectivity index (χ4v) is 2.89. The molecule has 0 aromatic rings. The molecule has 1 aliphatic rings. The van der Waals surface area contributed by atoms with Crippen LogP contribution in [0, 0.1) is 5.92 Å². The summed E-state index contributed by atoms with van der Waals surface area (Å²) >= 11 is 0. The highest BCUT2D eigenvalue weighted by Crippen LogP contribution is 2.26. The normalized spacial score (nSPS) is 18.1. The van der Waals surface area contributed by atoms with Crippen molar-refractivity contribution in [3.05, 3.63) is 0 Å². The first-order valence-corrected chi connectivity index (χ1v) is 7.80. The third-order valence-electron chi connectivity index (χ3n) is 4.12. The molecule has 0 radical (unpaired) electrons. The molecule has 1 amide bonds. The first-order valence-electron chi connectivity index (χ1n) is 7.80. The molecule has 0 atom stereocenters. The van der Waals surface area contributed by atoms with Crippen LogP contribution in [0.5, 0.6) is 0 Å². The second-order valence-electron chi connectivity index (χ2n) is 6.08. The van der Waals surface area contributed by atoms with Crippen LogP contribution < -0.4 is 5.73 Å². The van der Waals surface area contributed by atoms with Crippen LogP contribution in [0.25, 0.3) is 0 Å². The van der Waals surface area contributed by atoms with Gasteiger partial charge in [0.25, 0.3) is 0 Å². The highest BCUT2D eigenvalue weighted by Gasteiger charge is 2.22. The Labute approximate surface area is 122 Å². The van der Waals surface area contributed by atoms with Crippen LogP contribution in [0.4, 0.5) is 0 Å². The highest BCUT2D eigenvalue weighted by molar-refractivity contribution is 5.81. The minimum absolute atomic E-state index is 0.153. The van der Waals surface area contributed by atoms with Gasteiger partial charge in [-0.2, -0.15) is 0 Å². The maximum Gasteiger partial charge on any atom is 0.223 e. The van der Waals surface area contributed by atoms with Crippen molar-refractivity contribution in [2.45, 2.75) is 71.3 Å². The summed E-state index contributed by atoms with van der Waals surface area (Å²) in [5.74, 6) is 0.922. The number of carbonyl (C=O) groups excluding carboxylic acids is 1. The first-order chi connectivity index (χ1) is 9.54. The van der Waals surface area contributed by atoms with E-state index in [2.05, 4.69) is 5.16 Å². The van der Waals surface area contributed by atoms with Gasteiger partial charge in [0.1, 0.15) is 5.84 Å². The van der Waals surface area contributed by atoms with Gasteiger partial charge in [0.05, 0.1) is 0 Å². The summed E-state index contributed by atoms with van der Waals surface area (Å²) in [6, 6.07) is 0.153. The molecule has 0 spiro atoms. The number of oxime groups is 1. The molecule has 1 fully saturated rings. The summed E-state index contributed by atoms with van der Waals surface area (Å²) in [5.41, 5.74) is 5.49. The van der Waals surface area contributed by atoms with Crippen LogP contribution in [0.15, 0.2) is 5.16 Å². The highest BCUT2D eigenvalue weighted by atomic mass is 16.4. The van der Waals surface area contributed by atoms with E-state index in [9.17, 15) is 4.79 Å². The number of nitrogens with zero attached hydrogens (tertiary/aromatic N) is 2. The summed E-state index contributed by atoms with van der Waals surface area (Å²) in [5, 5.41) is 11.5. The fraction of sp³-hybridized carbons (Fsp3) is 0.867. The molecule has 5 nitrogen and oxygen atoms in total. The van der Waals surface area contributed by atoms with Crippen LogP contribution in [0.1, 0.15) is 65.2 Å². The summed E-state index contributed by atoms with van der Waals surface area (Å²) in [6.07, 6.45) is 8.55. The molecule has 1 aliphatic carbocycles. The monoisotopic (exact) mass is 283 g/mol. The van der Waals surface area contributed by atoms with Crippen molar-refractivity contribution in [3.8, 4) is 0 Å². The van der Waals surface area contributed by atoms with E-state index in [-0.39, 0.29) is 17.8 Å². The van der Waals surface area contributed by atoms with E-state index in [1.807, 2.05) is 18.7 Å². The minimum Gasteiger partial charge on any atom is -0.409 e. The molecule has 0 unspecified atom stereocenters. The third-order valence-corrected chi connectivity index (χ3v) is 4.12. The van der Waals surface area contributed by atoms with Crippen LogP contribution in [-0.2, 0) is 4.79 Å². The van der Waals surface area contributed by atoms with Crippen molar-refractivity contribution in [1.29, 1.82) is 0 Å². The summed E-state index contributed by atoms with van der Waals surface area (Å²) in [4.78, 5) is 14.3. The molecular weight excluding hydrogens is 254 g/mol. The Morgan fingerprint density at radius 2 is 1.90 bits per heavy atom. The number of amidine groups is 1. The Morgan fingerprint density at radius 3 is 2.40 bits per heavy atom. The Hall–Kier alpha value is -1.26. The van der Waals surface area contributed by atoms with Gasteiger partial charge in [-0.25, -0.2) is 0 Å². The van der Waals surface area contributed by atoms with E-state index in [4.69, 9.17) is 10.9 Å². The molecule has 5 heteroatoms. The second-order valence-corrected chi connectivity index (χ2v) is 6.08. The molecule has 0 saturated heterocycles. The van der Waals surface area contributed by atoms with Gasteiger partial charge < -0.3 is 15.8 Å². The lowest BCUT2D eigenvalue weighted by Crippen LogP contribution is -2.40. The van der Waals surface area contributed by atoms with Gasteiger partial charge in [-0.05, 0) is 32.6 Å². The van der Waals surface area contributed by atoms with Crippen molar-refractivity contribution in [3.63, 3.8) is 0 Å². The zero-order valence-corrected chi connectivity index (χ0v) is 12.8. The van der Waals surface area contributed by atoms with Crippen molar-refractivity contribution < 1.29 is 10.0 Å². The van der Waals surface area contributed by atoms with Crippen LogP contribution >= 0.6 is 0 Å². The predicted molar refractivity (Wildman–Crippen MR) is 80.7 cm³/mol. The molecule has 20 heavy (non-hydrogen) atoms. The van der Waals surface area contributed by atoms with Crippen molar-refractivity contribution in [1.82, 2.24) is 4.90 Å². The zero-order valence-electron chi connectivity index (χ0n) is 12.8. The van der Waals surface area contributed by atoms with Crippen molar-refractivity contribution >= 4 is 11.7 Å². The average Bonchev–Trinajstić information content (AvgIpc) is 2.66. The van der Waals surface area contributed by atoms with Crippen LogP contribution in [0.2, 0.25) is 0 Å². The van der Waals surface area contributed by atoms with Crippen LogP contribution in [-0.4, -0.2) is 34.4 Å². The summed E-state index contributed by atoms with van der Waals surface area (Å²) in [6.45, 7) is 4.55. The molecule has 1 rings (SSSR count). The van der Waals surface area contributed by atoms with Gasteiger partial charge in [0.15, 0.2) is 0 Å². The number of rotatable bonds is 6. The minimum atomic E-state index is 0.153. The zero-order chi connectivity index (χ0) is 15.0. The van der Waals surface area contributed by atoms with E-state index in [0.29, 0.717) is 25.3 Å². The topological polar surface area (TPSA) is 78.9 Å². The Morgan fingerprint density at radius 1 is 1.30 bits per heavy atom. The molecular formula is C15H29N3O2. The molecule has 0 aromatic carbocycles.